The van der Waals surface area contributed by atoms with E-state index in [1.807, 2.05) is 0 Å². The van der Waals surface area contributed by atoms with Crippen molar-refractivity contribution in [2.45, 2.75) is 18.9 Å². The summed E-state index contributed by atoms with van der Waals surface area (Å²) >= 11 is 0. The summed E-state index contributed by atoms with van der Waals surface area (Å²) in [6, 6.07) is 1.22. The standard InChI is InChI=1S/C9H12N2O4S/c1-16(14,15)11-6-3-2-5-4-7(9(12)13)10-8(5)6/h4,6,10-11H,2-3H2,1H3,(H,12,13)/t6-/m1/s1. The van der Waals surface area contributed by atoms with Crippen molar-refractivity contribution in [1.82, 2.24) is 9.71 Å². The number of carboxylic acids is 1. The van der Waals surface area contributed by atoms with E-state index in [2.05, 4.69) is 9.71 Å². The molecule has 7 heteroatoms. The molecule has 0 aliphatic heterocycles. The Balaban J connectivity index is 2.29. The molecule has 16 heavy (non-hydrogen) atoms. The Kier molecular flexibility index (Phi) is 2.51. The van der Waals surface area contributed by atoms with Crippen LogP contribution in [-0.2, 0) is 16.4 Å². The van der Waals surface area contributed by atoms with Gasteiger partial charge in [0, 0.05) is 5.69 Å². The number of aryl methyl sites for hydroxylation is 1. The number of nitrogens with one attached hydrogen (secondary N) is 2. The van der Waals surface area contributed by atoms with Gasteiger partial charge in [0.15, 0.2) is 0 Å². The van der Waals surface area contributed by atoms with E-state index in [1.165, 1.54) is 0 Å². The lowest BCUT2D eigenvalue weighted by molar-refractivity contribution is 0.0691. The minimum Gasteiger partial charge on any atom is -0.477 e. The Hall–Kier alpha value is -1.34. The fourth-order valence-corrected chi connectivity index (χ4v) is 2.72. The van der Waals surface area contributed by atoms with Crippen LogP contribution in [0.15, 0.2) is 6.07 Å². The van der Waals surface area contributed by atoms with Crippen molar-refractivity contribution in [3.05, 3.63) is 23.0 Å². The molecular formula is C9H12N2O4S. The summed E-state index contributed by atoms with van der Waals surface area (Å²) in [4.78, 5) is 13.5. The van der Waals surface area contributed by atoms with Crippen LogP contribution in [0.4, 0.5) is 0 Å². The van der Waals surface area contributed by atoms with Crippen molar-refractivity contribution in [3.63, 3.8) is 0 Å². The number of H-pyrrole nitrogens is 1. The monoisotopic (exact) mass is 244 g/mol. The van der Waals surface area contributed by atoms with Crippen LogP contribution < -0.4 is 4.72 Å². The second-order valence-corrected chi connectivity index (χ2v) is 5.69. The maximum Gasteiger partial charge on any atom is 0.352 e. The van der Waals surface area contributed by atoms with E-state index in [4.69, 9.17) is 5.11 Å². The highest BCUT2D eigenvalue weighted by molar-refractivity contribution is 7.88. The predicted molar refractivity (Wildman–Crippen MR) is 56.8 cm³/mol. The lowest BCUT2D eigenvalue weighted by Gasteiger charge is -2.10. The van der Waals surface area contributed by atoms with Gasteiger partial charge in [-0.3, -0.25) is 0 Å². The van der Waals surface area contributed by atoms with Crippen molar-refractivity contribution in [2.75, 3.05) is 6.26 Å². The predicted octanol–water partition coefficient (Wildman–Crippen LogP) is 0.249. The van der Waals surface area contributed by atoms with Crippen LogP contribution in [0.2, 0.25) is 0 Å². The summed E-state index contributed by atoms with van der Waals surface area (Å²) in [6.07, 6.45) is 2.44. The minimum atomic E-state index is -3.28. The molecule has 1 atom stereocenters. The smallest absolute Gasteiger partial charge is 0.352 e. The van der Waals surface area contributed by atoms with Gasteiger partial charge in [0.25, 0.3) is 0 Å². The van der Waals surface area contributed by atoms with Gasteiger partial charge in [-0.2, -0.15) is 0 Å². The van der Waals surface area contributed by atoms with E-state index in [1.54, 1.807) is 6.07 Å². The number of sulfonamides is 1. The highest BCUT2D eigenvalue weighted by Gasteiger charge is 2.28. The number of carboxylic acid groups (broad SMARTS) is 1. The van der Waals surface area contributed by atoms with Crippen LogP contribution in [0.3, 0.4) is 0 Å². The van der Waals surface area contributed by atoms with Crippen molar-refractivity contribution in [1.29, 1.82) is 0 Å². The van der Waals surface area contributed by atoms with E-state index in [0.717, 1.165) is 11.8 Å². The fourth-order valence-electron chi connectivity index (χ4n) is 1.97. The molecule has 6 nitrogen and oxygen atoms in total. The molecule has 1 aromatic rings. The molecule has 3 N–H and O–H groups in total. The molecule has 0 amide bonds. The van der Waals surface area contributed by atoms with Gasteiger partial charge in [-0.25, -0.2) is 17.9 Å². The van der Waals surface area contributed by atoms with Gasteiger partial charge in [0.1, 0.15) is 5.69 Å². The molecular weight excluding hydrogens is 232 g/mol. The Morgan fingerprint density at radius 2 is 2.31 bits per heavy atom. The Labute approximate surface area is 92.7 Å². The quantitative estimate of drug-likeness (QED) is 0.709. The van der Waals surface area contributed by atoms with E-state index in [0.29, 0.717) is 18.5 Å². The van der Waals surface area contributed by atoms with E-state index in [9.17, 15) is 13.2 Å². The lowest BCUT2D eigenvalue weighted by Crippen LogP contribution is -2.26. The average Bonchev–Trinajstić information content (AvgIpc) is 2.64. The Morgan fingerprint density at radius 1 is 1.62 bits per heavy atom. The van der Waals surface area contributed by atoms with Crippen LogP contribution in [0.5, 0.6) is 0 Å². The fraction of sp³-hybridized carbons (Fsp3) is 0.444. The van der Waals surface area contributed by atoms with Gasteiger partial charge < -0.3 is 10.1 Å². The van der Waals surface area contributed by atoms with Gasteiger partial charge in [0.2, 0.25) is 10.0 Å². The maximum atomic E-state index is 11.1. The van der Waals surface area contributed by atoms with E-state index >= 15 is 0 Å². The number of fused-ring (bicyclic) bond motifs is 1. The molecule has 1 aromatic heterocycles. The summed E-state index contributed by atoms with van der Waals surface area (Å²) in [6.45, 7) is 0. The van der Waals surface area contributed by atoms with Crippen molar-refractivity contribution >= 4 is 16.0 Å². The third-order valence-corrected chi connectivity index (χ3v) is 3.28. The molecule has 0 fully saturated rings. The summed E-state index contributed by atoms with van der Waals surface area (Å²) in [5, 5.41) is 8.79. The zero-order valence-corrected chi connectivity index (χ0v) is 9.47. The maximum absolute atomic E-state index is 11.1. The highest BCUT2D eigenvalue weighted by Crippen LogP contribution is 2.31. The van der Waals surface area contributed by atoms with Crippen LogP contribution >= 0.6 is 0 Å². The van der Waals surface area contributed by atoms with Crippen molar-refractivity contribution in [3.8, 4) is 0 Å². The van der Waals surface area contributed by atoms with Crippen LogP contribution in [0.1, 0.15) is 34.2 Å². The molecule has 0 bridgehead atoms. The van der Waals surface area contributed by atoms with E-state index < -0.39 is 16.0 Å². The SMILES string of the molecule is CS(=O)(=O)N[C@@H]1CCc2cc(C(=O)O)[nH]c21. The molecule has 1 aliphatic rings. The third kappa shape index (κ3) is 2.10. The van der Waals surface area contributed by atoms with Gasteiger partial charge in [-0.15, -0.1) is 0 Å². The number of hydrogen-bond donors (Lipinski definition) is 3. The molecule has 0 radical (unpaired) electrons. The summed E-state index contributed by atoms with van der Waals surface area (Å²) in [5.41, 5.74) is 1.64. The molecule has 0 saturated carbocycles. The highest BCUT2D eigenvalue weighted by atomic mass is 32.2. The van der Waals surface area contributed by atoms with Gasteiger partial charge in [-0.05, 0) is 24.5 Å². The molecule has 0 spiro atoms. The van der Waals surface area contributed by atoms with Gasteiger partial charge in [0.05, 0.1) is 12.3 Å². The first-order chi connectivity index (χ1) is 7.37. The van der Waals surface area contributed by atoms with Gasteiger partial charge >= 0.3 is 5.97 Å². The molecule has 0 unspecified atom stereocenters. The topological polar surface area (TPSA) is 99.3 Å². The van der Waals surface area contributed by atoms with Crippen LogP contribution in [0, 0.1) is 0 Å². The molecule has 88 valence electrons. The summed E-state index contributed by atoms with van der Waals surface area (Å²) in [7, 11) is -3.28. The largest absolute Gasteiger partial charge is 0.477 e. The van der Waals surface area contributed by atoms with Crippen LogP contribution in [0.25, 0.3) is 0 Å². The van der Waals surface area contributed by atoms with E-state index in [-0.39, 0.29) is 11.7 Å². The van der Waals surface area contributed by atoms with Crippen molar-refractivity contribution in [2.24, 2.45) is 0 Å². The number of carbonyl (C=O) groups is 1. The number of rotatable bonds is 3. The zero-order chi connectivity index (χ0) is 11.9. The Bertz CT molecular complexity index is 532. The molecule has 0 saturated heterocycles. The molecule has 2 rings (SSSR count). The second-order valence-electron chi connectivity index (χ2n) is 3.91. The van der Waals surface area contributed by atoms with Crippen molar-refractivity contribution < 1.29 is 18.3 Å². The normalized spacial score (nSPS) is 19.7. The van der Waals surface area contributed by atoms with Crippen LogP contribution in [-0.4, -0.2) is 30.7 Å². The first kappa shape index (κ1) is 11.2. The third-order valence-electron chi connectivity index (χ3n) is 2.57. The summed E-state index contributed by atoms with van der Waals surface area (Å²) in [5.74, 6) is -1.03. The Morgan fingerprint density at radius 3 is 2.88 bits per heavy atom. The molecule has 1 heterocycles. The first-order valence-corrected chi connectivity index (χ1v) is 6.68. The first-order valence-electron chi connectivity index (χ1n) is 4.79. The van der Waals surface area contributed by atoms with Gasteiger partial charge in [-0.1, -0.05) is 0 Å². The number of aromatic carboxylic acids is 1. The number of hydrogen-bond acceptors (Lipinski definition) is 3. The molecule has 0 aromatic carbocycles. The zero-order valence-electron chi connectivity index (χ0n) is 8.65. The lowest BCUT2D eigenvalue weighted by atomic mass is 10.2. The number of aromatic amines is 1. The molecule has 1 aliphatic carbocycles. The number of aromatic nitrogens is 1. The summed E-state index contributed by atoms with van der Waals surface area (Å²) < 4.78 is 24.7. The second kappa shape index (κ2) is 3.60. The minimum absolute atomic E-state index is 0.102. The average molecular weight is 244 g/mol.